The Morgan fingerprint density at radius 2 is 1.47 bits per heavy atom. The summed E-state index contributed by atoms with van der Waals surface area (Å²) in [5, 5.41) is 4.43. The predicted molar refractivity (Wildman–Crippen MR) is 136 cm³/mol. The lowest BCUT2D eigenvalue weighted by Crippen LogP contribution is -2.22. The summed E-state index contributed by atoms with van der Waals surface area (Å²) < 4.78 is 6.12. The van der Waals surface area contributed by atoms with Crippen LogP contribution in [0, 0.1) is 0 Å². The molecule has 5 rings (SSSR count). The van der Waals surface area contributed by atoms with E-state index in [1.807, 2.05) is 72.8 Å². The lowest BCUT2D eigenvalue weighted by molar-refractivity contribution is 0.0954. The molecule has 0 heterocycles. The van der Waals surface area contributed by atoms with Gasteiger partial charge in [0.25, 0.3) is 5.91 Å². The Morgan fingerprint density at radius 3 is 2.29 bits per heavy atom. The van der Waals surface area contributed by atoms with Crippen LogP contribution in [0.3, 0.4) is 0 Å². The van der Waals surface area contributed by atoms with E-state index >= 15 is 0 Å². The van der Waals surface area contributed by atoms with Crippen LogP contribution >= 0.6 is 0 Å². The van der Waals surface area contributed by atoms with Gasteiger partial charge in [-0.1, -0.05) is 84.9 Å². The zero-order valence-corrected chi connectivity index (χ0v) is 18.9. The maximum atomic E-state index is 12.6. The van der Waals surface area contributed by atoms with Crippen LogP contribution in [0.4, 0.5) is 0 Å². The number of para-hydroxylation sites is 1. The number of ether oxygens (including phenoxy) is 1. The van der Waals surface area contributed by atoms with Gasteiger partial charge in [-0.3, -0.25) is 4.79 Å². The molecule has 4 nitrogen and oxygen atoms in total. The molecule has 0 unspecified atom stereocenters. The molecule has 4 aromatic rings. The van der Waals surface area contributed by atoms with Gasteiger partial charge in [-0.05, 0) is 54.2 Å². The summed E-state index contributed by atoms with van der Waals surface area (Å²) in [6.07, 6.45) is 2.98. The fraction of sp³-hybridized carbons (Fsp3) is 0.133. The molecule has 168 valence electrons. The molecule has 0 bridgehead atoms. The summed E-state index contributed by atoms with van der Waals surface area (Å²) in [4.78, 5) is 12.6. The van der Waals surface area contributed by atoms with E-state index in [0.717, 1.165) is 53.0 Å². The van der Waals surface area contributed by atoms with E-state index < -0.39 is 0 Å². The van der Waals surface area contributed by atoms with Crippen molar-refractivity contribution >= 4 is 11.6 Å². The van der Waals surface area contributed by atoms with Gasteiger partial charge in [0.15, 0.2) is 0 Å². The standard InChI is InChI=1S/C30H26N2O2/c33-30(32-31-28-15-8-12-23-11-4-5-13-26(23)28)25-19-17-22(18-20-25)21-34-29-16-7-6-14-27(29)24-9-2-1-3-10-24/h1-7,9-11,13-14,16-20H,8,12,15,21H2,(H,32,33)/b31-28-. The number of carbonyl (C=O) groups excluding carboxylic acids is 1. The van der Waals surface area contributed by atoms with Crippen LogP contribution in [0.15, 0.2) is 108 Å². The number of hydrazone groups is 1. The second-order valence-corrected chi connectivity index (χ2v) is 8.36. The second kappa shape index (κ2) is 10.2. The lowest BCUT2D eigenvalue weighted by Gasteiger charge is -2.17. The SMILES string of the molecule is O=C(N/N=C1/CCCc2ccccc21)c1ccc(COc2ccccc2-c2ccccc2)cc1. The Labute approximate surface area is 199 Å². The minimum Gasteiger partial charge on any atom is -0.488 e. The number of benzene rings is 4. The summed E-state index contributed by atoms with van der Waals surface area (Å²) in [6.45, 7) is 0.421. The van der Waals surface area contributed by atoms with Crippen LogP contribution in [-0.4, -0.2) is 11.6 Å². The number of hydrogen-bond donors (Lipinski definition) is 1. The molecule has 1 aliphatic rings. The molecule has 0 fully saturated rings. The highest BCUT2D eigenvalue weighted by molar-refractivity contribution is 6.04. The summed E-state index contributed by atoms with van der Waals surface area (Å²) >= 11 is 0. The van der Waals surface area contributed by atoms with Gasteiger partial charge in [-0.2, -0.15) is 5.10 Å². The topological polar surface area (TPSA) is 50.7 Å². The largest absolute Gasteiger partial charge is 0.488 e. The average Bonchev–Trinajstić information content (AvgIpc) is 2.91. The summed E-state index contributed by atoms with van der Waals surface area (Å²) in [7, 11) is 0. The molecule has 0 saturated carbocycles. The van der Waals surface area contributed by atoms with Gasteiger partial charge in [-0.15, -0.1) is 0 Å². The van der Waals surface area contributed by atoms with Crippen molar-refractivity contribution in [3.63, 3.8) is 0 Å². The molecule has 0 spiro atoms. The van der Waals surface area contributed by atoms with Crippen molar-refractivity contribution in [3.8, 4) is 16.9 Å². The van der Waals surface area contributed by atoms with Crippen LogP contribution in [-0.2, 0) is 13.0 Å². The van der Waals surface area contributed by atoms with Crippen molar-refractivity contribution in [1.29, 1.82) is 0 Å². The first kappa shape index (κ1) is 21.7. The molecule has 0 aliphatic heterocycles. The number of hydrogen-bond acceptors (Lipinski definition) is 3. The van der Waals surface area contributed by atoms with E-state index in [0.29, 0.717) is 12.2 Å². The molecule has 34 heavy (non-hydrogen) atoms. The van der Waals surface area contributed by atoms with Gasteiger partial charge < -0.3 is 4.74 Å². The minimum absolute atomic E-state index is 0.211. The van der Waals surface area contributed by atoms with Crippen LogP contribution in [0.5, 0.6) is 5.75 Å². The number of aryl methyl sites for hydroxylation is 1. The minimum atomic E-state index is -0.211. The Balaban J connectivity index is 1.23. The van der Waals surface area contributed by atoms with Crippen molar-refractivity contribution in [2.45, 2.75) is 25.9 Å². The molecule has 0 atom stereocenters. The van der Waals surface area contributed by atoms with E-state index in [9.17, 15) is 4.79 Å². The predicted octanol–water partition coefficient (Wildman–Crippen LogP) is 6.40. The average molecular weight is 447 g/mol. The number of amides is 1. The van der Waals surface area contributed by atoms with Gasteiger partial charge >= 0.3 is 0 Å². The van der Waals surface area contributed by atoms with Crippen LogP contribution in [0.2, 0.25) is 0 Å². The Morgan fingerprint density at radius 1 is 0.765 bits per heavy atom. The zero-order valence-electron chi connectivity index (χ0n) is 18.9. The summed E-state index contributed by atoms with van der Waals surface area (Å²) in [5.74, 6) is 0.622. The molecule has 0 aromatic heterocycles. The van der Waals surface area contributed by atoms with Crippen molar-refractivity contribution in [3.05, 3.63) is 125 Å². The van der Waals surface area contributed by atoms with Crippen molar-refractivity contribution in [2.24, 2.45) is 5.10 Å². The Kier molecular flexibility index (Phi) is 6.48. The van der Waals surface area contributed by atoms with Crippen molar-refractivity contribution in [2.75, 3.05) is 0 Å². The molecule has 1 aliphatic carbocycles. The molecule has 4 aromatic carbocycles. The van der Waals surface area contributed by atoms with Crippen molar-refractivity contribution in [1.82, 2.24) is 5.43 Å². The first-order chi connectivity index (χ1) is 16.8. The van der Waals surface area contributed by atoms with E-state index in [4.69, 9.17) is 4.74 Å². The number of rotatable bonds is 6. The van der Waals surface area contributed by atoms with E-state index in [2.05, 4.69) is 40.9 Å². The molecule has 4 heteroatoms. The molecule has 0 saturated heterocycles. The Hall–Kier alpha value is -4.18. The first-order valence-corrected chi connectivity index (χ1v) is 11.6. The highest BCUT2D eigenvalue weighted by Gasteiger charge is 2.15. The summed E-state index contributed by atoms with van der Waals surface area (Å²) in [6, 6.07) is 33.9. The first-order valence-electron chi connectivity index (χ1n) is 11.6. The quantitative estimate of drug-likeness (QED) is 0.348. The van der Waals surface area contributed by atoms with E-state index in [1.54, 1.807) is 0 Å². The number of nitrogens with one attached hydrogen (secondary N) is 1. The fourth-order valence-electron chi connectivity index (χ4n) is 4.26. The smallest absolute Gasteiger partial charge is 0.271 e. The highest BCUT2D eigenvalue weighted by atomic mass is 16.5. The molecular formula is C30H26N2O2. The maximum absolute atomic E-state index is 12.6. The molecule has 0 radical (unpaired) electrons. The second-order valence-electron chi connectivity index (χ2n) is 8.36. The fourth-order valence-corrected chi connectivity index (χ4v) is 4.26. The van der Waals surface area contributed by atoms with Gasteiger partial charge in [0, 0.05) is 16.7 Å². The molecule has 1 N–H and O–H groups in total. The van der Waals surface area contributed by atoms with Gasteiger partial charge in [-0.25, -0.2) is 5.43 Å². The van der Waals surface area contributed by atoms with E-state index in [-0.39, 0.29) is 5.91 Å². The van der Waals surface area contributed by atoms with Crippen LogP contribution < -0.4 is 10.2 Å². The van der Waals surface area contributed by atoms with E-state index in [1.165, 1.54) is 5.56 Å². The van der Waals surface area contributed by atoms with Gasteiger partial charge in [0.2, 0.25) is 0 Å². The van der Waals surface area contributed by atoms with Crippen LogP contribution in [0.1, 0.15) is 39.9 Å². The third-order valence-electron chi connectivity index (χ3n) is 6.06. The normalized spacial score (nSPS) is 13.8. The van der Waals surface area contributed by atoms with Gasteiger partial charge in [0.1, 0.15) is 12.4 Å². The highest BCUT2D eigenvalue weighted by Crippen LogP contribution is 2.30. The van der Waals surface area contributed by atoms with Crippen LogP contribution in [0.25, 0.3) is 11.1 Å². The summed E-state index contributed by atoms with van der Waals surface area (Å²) in [5.41, 5.74) is 9.84. The van der Waals surface area contributed by atoms with Crippen molar-refractivity contribution < 1.29 is 9.53 Å². The third-order valence-corrected chi connectivity index (χ3v) is 6.06. The maximum Gasteiger partial charge on any atom is 0.271 e. The number of carbonyl (C=O) groups is 1. The molecule has 1 amide bonds. The number of fused-ring (bicyclic) bond motifs is 1. The lowest BCUT2D eigenvalue weighted by atomic mass is 9.90. The number of nitrogens with zero attached hydrogens (tertiary/aromatic N) is 1. The molecular weight excluding hydrogens is 420 g/mol. The van der Waals surface area contributed by atoms with Gasteiger partial charge in [0.05, 0.1) is 5.71 Å². The third kappa shape index (κ3) is 4.91. The zero-order chi connectivity index (χ0) is 23.2. The monoisotopic (exact) mass is 446 g/mol. The Bertz CT molecular complexity index is 1310.